The minimum atomic E-state index is -0.130. The first-order valence-corrected chi connectivity index (χ1v) is 12.2. The lowest BCUT2D eigenvalue weighted by atomic mass is 10.0. The summed E-state index contributed by atoms with van der Waals surface area (Å²) in [5.41, 5.74) is 2.28. The minimum Gasteiger partial charge on any atom is -0.457 e. The van der Waals surface area contributed by atoms with E-state index in [9.17, 15) is 4.79 Å². The van der Waals surface area contributed by atoms with Gasteiger partial charge in [-0.25, -0.2) is 4.98 Å². The van der Waals surface area contributed by atoms with Crippen molar-refractivity contribution in [3.63, 3.8) is 0 Å². The Morgan fingerprint density at radius 1 is 0.676 bits per heavy atom. The van der Waals surface area contributed by atoms with Gasteiger partial charge in [-0.15, -0.1) is 0 Å². The number of halogens is 1. The molecule has 5 aromatic carbocycles. The molecule has 1 aromatic heterocycles. The Kier molecular flexibility index (Phi) is 6.01. The van der Waals surface area contributed by atoms with Gasteiger partial charge in [0.2, 0.25) is 0 Å². The zero-order valence-corrected chi connectivity index (χ0v) is 20.5. The fraction of sp³-hybridized carbons (Fsp3) is 0. The Morgan fingerprint density at radius 2 is 1.32 bits per heavy atom. The van der Waals surface area contributed by atoms with E-state index in [0.717, 1.165) is 16.3 Å². The number of para-hydroxylation sites is 1. The third-order valence-corrected chi connectivity index (χ3v) is 6.43. The molecule has 0 spiro atoms. The molecule has 0 fully saturated rings. The van der Waals surface area contributed by atoms with E-state index in [1.54, 1.807) is 22.8 Å². The highest BCUT2D eigenvalue weighted by Gasteiger charge is 2.12. The summed E-state index contributed by atoms with van der Waals surface area (Å²) in [5.74, 6) is 1.88. The minimum absolute atomic E-state index is 0.130. The van der Waals surface area contributed by atoms with Crippen molar-refractivity contribution in [2.75, 3.05) is 0 Å². The molecule has 0 radical (unpaired) electrons. The van der Waals surface area contributed by atoms with Crippen LogP contribution in [0.25, 0.3) is 39.5 Å². The fourth-order valence-corrected chi connectivity index (χ4v) is 4.50. The SMILES string of the molecule is O=c1c2ccccc2nc(C=Cc2cccc3ccccc23)n1-c1ccc(Oc2ccc(Cl)cc2)cc1. The number of hydrogen-bond acceptors (Lipinski definition) is 3. The van der Waals surface area contributed by atoms with Crippen molar-refractivity contribution in [1.29, 1.82) is 0 Å². The normalized spacial score (nSPS) is 11.4. The number of nitrogens with zero attached hydrogens (tertiary/aromatic N) is 2. The summed E-state index contributed by atoms with van der Waals surface area (Å²) in [6, 6.07) is 36.4. The Bertz CT molecular complexity index is 1820. The van der Waals surface area contributed by atoms with E-state index in [1.165, 1.54) is 0 Å². The quantitative estimate of drug-likeness (QED) is 0.240. The summed E-state index contributed by atoms with van der Waals surface area (Å²) in [5, 5.41) is 3.51. The van der Waals surface area contributed by atoms with Crippen LogP contribution in [-0.2, 0) is 0 Å². The largest absolute Gasteiger partial charge is 0.457 e. The maximum atomic E-state index is 13.6. The second-order valence-electron chi connectivity index (χ2n) is 8.58. The van der Waals surface area contributed by atoms with E-state index in [4.69, 9.17) is 21.3 Å². The summed E-state index contributed by atoms with van der Waals surface area (Å²) in [6.45, 7) is 0. The maximum Gasteiger partial charge on any atom is 0.266 e. The molecule has 5 heteroatoms. The molecule has 0 unspecified atom stereocenters. The van der Waals surface area contributed by atoms with Gasteiger partial charge in [-0.1, -0.05) is 72.3 Å². The predicted octanol–water partition coefficient (Wildman–Crippen LogP) is 8.16. The van der Waals surface area contributed by atoms with Crippen molar-refractivity contribution in [3.05, 3.63) is 142 Å². The van der Waals surface area contributed by atoms with Crippen LogP contribution in [-0.4, -0.2) is 9.55 Å². The molecule has 0 aliphatic heterocycles. The number of aromatic nitrogens is 2. The van der Waals surface area contributed by atoms with Gasteiger partial charge in [-0.05, 0) is 83.1 Å². The number of benzene rings is 5. The maximum absolute atomic E-state index is 13.6. The van der Waals surface area contributed by atoms with E-state index in [1.807, 2.05) is 84.9 Å². The number of rotatable bonds is 5. The second-order valence-corrected chi connectivity index (χ2v) is 9.02. The van der Waals surface area contributed by atoms with Crippen molar-refractivity contribution in [2.24, 2.45) is 0 Å². The van der Waals surface area contributed by atoms with Crippen LogP contribution in [0.3, 0.4) is 0 Å². The van der Waals surface area contributed by atoms with Crippen molar-refractivity contribution in [3.8, 4) is 17.2 Å². The zero-order chi connectivity index (χ0) is 25.2. The smallest absolute Gasteiger partial charge is 0.266 e. The molecule has 0 aliphatic carbocycles. The van der Waals surface area contributed by atoms with Gasteiger partial charge in [0.05, 0.1) is 16.6 Å². The topological polar surface area (TPSA) is 44.1 Å². The van der Waals surface area contributed by atoms with Gasteiger partial charge in [-0.3, -0.25) is 9.36 Å². The van der Waals surface area contributed by atoms with Crippen molar-refractivity contribution < 1.29 is 4.74 Å². The van der Waals surface area contributed by atoms with E-state index < -0.39 is 0 Å². The van der Waals surface area contributed by atoms with Crippen molar-refractivity contribution in [2.45, 2.75) is 0 Å². The summed E-state index contributed by atoms with van der Waals surface area (Å²) >= 11 is 5.97. The first-order chi connectivity index (χ1) is 18.2. The average Bonchev–Trinajstić information content (AvgIpc) is 2.94. The van der Waals surface area contributed by atoms with Crippen LogP contribution in [0.1, 0.15) is 11.4 Å². The summed E-state index contributed by atoms with van der Waals surface area (Å²) in [4.78, 5) is 18.5. The van der Waals surface area contributed by atoms with Crippen LogP contribution in [0.15, 0.2) is 120 Å². The van der Waals surface area contributed by atoms with Gasteiger partial charge in [0, 0.05) is 5.02 Å². The Hall–Kier alpha value is -4.67. The molecule has 0 atom stereocenters. The molecule has 6 rings (SSSR count). The van der Waals surface area contributed by atoms with Gasteiger partial charge in [0.1, 0.15) is 17.3 Å². The van der Waals surface area contributed by atoms with Crippen molar-refractivity contribution >= 4 is 45.4 Å². The first kappa shape index (κ1) is 22.8. The van der Waals surface area contributed by atoms with E-state index in [0.29, 0.717) is 38.9 Å². The molecule has 0 saturated heterocycles. The van der Waals surface area contributed by atoms with Crippen LogP contribution in [0, 0.1) is 0 Å². The first-order valence-electron chi connectivity index (χ1n) is 11.9. The lowest BCUT2D eigenvalue weighted by molar-refractivity contribution is 0.482. The highest BCUT2D eigenvalue weighted by Crippen LogP contribution is 2.25. The molecular weight excluding hydrogens is 480 g/mol. The second kappa shape index (κ2) is 9.76. The van der Waals surface area contributed by atoms with E-state index in [2.05, 4.69) is 24.3 Å². The summed E-state index contributed by atoms with van der Waals surface area (Å²) in [6.07, 6.45) is 3.90. The molecule has 0 aliphatic rings. The van der Waals surface area contributed by atoms with E-state index >= 15 is 0 Å². The molecule has 4 nitrogen and oxygen atoms in total. The highest BCUT2D eigenvalue weighted by molar-refractivity contribution is 6.30. The summed E-state index contributed by atoms with van der Waals surface area (Å²) < 4.78 is 7.56. The van der Waals surface area contributed by atoms with Crippen LogP contribution in [0.5, 0.6) is 11.5 Å². The van der Waals surface area contributed by atoms with Crippen LogP contribution < -0.4 is 10.3 Å². The van der Waals surface area contributed by atoms with Gasteiger partial charge in [0.25, 0.3) is 5.56 Å². The summed E-state index contributed by atoms with van der Waals surface area (Å²) in [7, 11) is 0. The highest BCUT2D eigenvalue weighted by atomic mass is 35.5. The van der Waals surface area contributed by atoms with Crippen LogP contribution in [0.4, 0.5) is 0 Å². The Balaban J connectivity index is 1.43. The van der Waals surface area contributed by atoms with Crippen LogP contribution >= 0.6 is 11.6 Å². The molecule has 0 saturated carbocycles. The third-order valence-electron chi connectivity index (χ3n) is 6.18. The Morgan fingerprint density at radius 3 is 2.11 bits per heavy atom. The van der Waals surface area contributed by atoms with Crippen molar-refractivity contribution in [1.82, 2.24) is 9.55 Å². The van der Waals surface area contributed by atoms with Gasteiger partial charge < -0.3 is 4.74 Å². The lowest BCUT2D eigenvalue weighted by Crippen LogP contribution is -2.22. The third kappa shape index (κ3) is 4.63. The molecule has 178 valence electrons. The molecule has 37 heavy (non-hydrogen) atoms. The molecular formula is C32H21ClN2O2. The zero-order valence-electron chi connectivity index (χ0n) is 19.7. The van der Waals surface area contributed by atoms with Gasteiger partial charge in [-0.2, -0.15) is 0 Å². The molecule has 6 aromatic rings. The van der Waals surface area contributed by atoms with Crippen LogP contribution in [0.2, 0.25) is 5.02 Å². The number of hydrogen-bond donors (Lipinski definition) is 0. The lowest BCUT2D eigenvalue weighted by Gasteiger charge is -2.13. The number of ether oxygens (including phenoxy) is 1. The van der Waals surface area contributed by atoms with Gasteiger partial charge in [0.15, 0.2) is 0 Å². The van der Waals surface area contributed by atoms with Gasteiger partial charge >= 0.3 is 0 Å². The molecule has 0 bridgehead atoms. The average molecular weight is 501 g/mol. The predicted molar refractivity (Wildman–Crippen MR) is 152 cm³/mol. The van der Waals surface area contributed by atoms with E-state index in [-0.39, 0.29) is 5.56 Å². The molecule has 0 amide bonds. The number of fused-ring (bicyclic) bond motifs is 2. The standard InChI is InChI=1S/C32H21ClN2O2/c33-24-13-17-26(18-14-24)37-27-19-15-25(16-20-27)35-31(34-30-11-4-3-10-29(30)32(35)36)21-12-23-8-5-7-22-6-1-2-9-28(22)23/h1-21H. The monoisotopic (exact) mass is 500 g/mol. The molecule has 0 N–H and O–H groups in total. The fourth-order valence-electron chi connectivity index (χ4n) is 4.37. The molecule has 1 heterocycles. The Labute approximate surface area is 218 Å².